The molecule has 1 atom stereocenters. The third kappa shape index (κ3) is 4.56. The van der Waals surface area contributed by atoms with Crippen LogP contribution in [0.4, 0.5) is 13.2 Å². The molecular weight excluding hydrogens is 427 g/mol. The summed E-state index contributed by atoms with van der Waals surface area (Å²) in [7, 11) is 0. The summed E-state index contributed by atoms with van der Waals surface area (Å²) >= 11 is 0. The number of halogens is 3. The average Bonchev–Trinajstić information content (AvgIpc) is 3.26. The summed E-state index contributed by atoms with van der Waals surface area (Å²) in [4.78, 5) is 31.3. The Hall–Kier alpha value is -3.50. The van der Waals surface area contributed by atoms with Crippen molar-refractivity contribution in [3.8, 4) is 11.3 Å². The maximum atomic E-state index is 12.9. The standard InChI is InChI=1S/C21H20F3N5O3/c1-20(2)10-14(17(31)32-20)9-16(30)26-11-12-3-5-13(6-4-12)15-7-8-25-19-27-18(21(22,23)24)28-29(15)19/h3-8,14H,9-11H2,1-2H3,(H,26,30)/t14-/m0/s1. The molecule has 2 aromatic heterocycles. The van der Waals surface area contributed by atoms with Crippen LogP contribution in [0.15, 0.2) is 36.5 Å². The van der Waals surface area contributed by atoms with Crippen molar-refractivity contribution >= 4 is 17.7 Å². The molecular formula is C21H20F3N5O3. The highest BCUT2D eigenvalue weighted by Crippen LogP contribution is 2.32. The minimum atomic E-state index is -4.67. The Morgan fingerprint density at radius 2 is 1.97 bits per heavy atom. The van der Waals surface area contributed by atoms with Gasteiger partial charge in [-0.15, -0.1) is 5.10 Å². The number of ether oxygens (including phenoxy) is 1. The fourth-order valence-electron chi connectivity index (χ4n) is 3.65. The summed E-state index contributed by atoms with van der Waals surface area (Å²) in [6.45, 7) is 3.87. The zero-order chi connectivity index (χ0) is 23.1. The normalized spacial score (nSPS) is 18.0. The fraction of sp³-hybridized carbons (Fsp3) is 0.381. The first-order valence-electron chi connectivity index (χ1n) is 9.90. The van der Waals surface area contributed by atoms with Crippen molar-refractivity contribution in [2.24, 2.45) is 5.92 Å². The fourth-order valence-corrected chi connectivity index (χ4v) is 3.65. The van der Waals surface area contributed by atoms with Crippen LogP contribution in [0.1, 0.15) is 38.1 Å². The molecule has 1 amide bonds. The smallest absolute Gasteiger partial charge is 0.453 e. The Labute approximate surface area is 180 Å². The lowest BCUT2D eigenvalue weighted by molar-refractivity contribution is -0.149. The number of cyclic esters (lactones) is 1. The van der Waals surface area contributed by atoms with Crippen LogP contribution in [0.5, 0.6) is 0 Å². The van der Waals surface area contributed by atoms with Gasteiger partial charge in [0.15, 0.2) is 0 Å². The van der Waals surface area contributed by atoms with Crippen LogP contribution < -0.4 is 5.32 Å². The molecule has 1 N–H and O–H groups in total. The van der Waals surface area contributed by atoms with Gasteiger partial charge in [0.2, 0.25) is 5.91 Å². The van der Waals surface area contributed by atoms with Gasteiger partial charge in [0.25, 0.3) is 11.6 Å². The third-order valence-corrected chi connectivity index (χ3v) is 5.11. The number of carbonyl (C=O) groups excluding carboxylic acids is 2. The Morgan fingerprint density at radius 1 is 1.25 bits per heavy atom. The maximum Gasteiger partial charge on any atom is 0.453 e. The predicted octanol–water partition coefficient (Wildman–Crippen LogP) is 3.16. The SMILES string of the molecule is CC1(C)C[C@H](CC(=O)NCc2ccc(-c3ccnc4nc(C(F)(F)F)nn34)cc2)C(=O)O1. The molecule has 0 bridgehead atoms. The van der Waals surface area contributed by atoms with Gasteiger partial charge in [-0.05, 0) is 25.5 Å². The van der Waals surface area contributed by atoms with Gasteiger partial charge < -0.3 is 10.1 Å². The number of aromatic nitrogens is 4. The van der Waals surface area contributed by atoms with Crippen LogP contribution in [0.2, 0.25) is 0 Å². The Bertz CT molecular complexity index is 1170. The Morgan fingerprint density at radius 3 is 2.59 bits per heavy atom. The Balaban J connectivity index is 1.42. The van der Waals surface area contributed by atoms with Crippen LogP contribution in [-0.2, 0) is 27.0 Å². The van der Waals surface area contributed by atoms with E-state index in [0.717, 1.165) is 10.1 Å². The number of nitrogens with one attached hydrogen (secondary N) is 1. The van der Waals surface area contributed by atoms with E-state index in [-0.39, 0.29) is 30.6 Å². The van der Waals surface area contributed by atoms with E-state index in [1.165, 1.54) is 6.20 Å². The number of fused-ring (bicyclic) bond motifs is 1. The van der Waals surface area contributed by atoms with Gasteiger partial charge in [-0.1, -0.05) is 24.3 Å². The maximum absolute atomic E-state index is 12.9. The molecule has 0 aliphatic carbocycles. The van der Waals surface area contributed by atoms with Crippen molar-refractivity contribution in [3.05, 3.63) is 47.9 Å². The van der Waals surface area contributed by atoms with E-state index in [9.17, 15) is 22.8 Å². The van der Waals surface area contributed by atoms with Crippen molar-refractivity contribution in [2.45, 2.75) is 45.0 Å². The average molecular weight is 447 g/mol. The molecule has 3 heterocycles. The minimum absolute atomic E-state index is 0.0587. The van der Waals surface area contributed by atoms with E-state index in [1.807, 2.05) is 13.8 Å². The van der Waals surface area contributed by atoms with E-state index < -0.39 is 23.5 Å². The first-order chi connectivity index (χ1) is 15.0. The quantitative estimate of drug-likeness (QED) is 0.604. The van der Waals surface area contributed by atoms with Gasteiger partial charge in [0.05, 0.1) is 11.6 Å². The summed E-state index contributed by atoms with van der Waals surface area (Å²) < 4.78 is 45.0. The molecule has 1 saturated heterocycles. The molecule has 8 nitrogen and oxygen atoms in total. The molecule has 11 heteroatoms. The second-order valence-electron chi connectivity index (χ2n) is 8.23. The molecule has 168 valence electrons. The molecule has 0 saturated carbocycles. The van der Waals surface area contributed by atoms with Gasteiger partial charge in [-0.2, -0.15) is 22.7 Å². The summed E-state index contributed by atoms with van der Waals surface area (Å²) in [6.07, 6.45) is -2.75. The highest BCUT2D eigenvalue weighted by atomic mass is 19.4. The number of nitrogens with zero attached hydrogens (tertiary/aromatic N) is 4. The second-order valence-corrected chi connectivity index (χ2v) is 8.23. The number of hydrogen-bond donors (Lipinski definition) is 1. The third-order valence-electron chi connectivity index (χ3n) is 5.11. The number of amides is 1. The van der Waals surface area contributed by atoms with Gasteiger partial charge in [-0.25, -0.2) is 4.98 Å². The van der Waals surface area contributed by atoms with Crippen molar-refractivity contribution in [1.29, 1.82) is 0 Å². The number of rotatable bonds is 5. The zero-order valence-corrected chi connectivity index (χ0v) is 17.3. The first kappa shape index (κ1) is 21.7. The van der Waals surface area contributed by atoms with E-state index in [0.29, 0.717) is 17.7 Å². The van der Waals surface area contributed by atoms with E-state index >= 15 is 0 Å². The monoisotopic (exact) mass is 447 g/mol. The number of benzene rings is 1. The number of esters is 1. The van der Waals surface area contributed by atoms with Gasteiger partial charge in [0, 0.05) is 31.1 Å². The lowest BCUT2D eigenvalue weighted by Gasteiger charge is -2.14. The number of hydrogen-bond acceptors (Lipinski definition) is 6. The van der Waals surface area contributed by atoms with Crippen LogP contribution in [0.3, 0.4) is 0 Å². The summed E-state index contributed by atoms with van der Waals surface area (Å²) in [5, 5.41) is 6.30. The lowest BCUT2D eigenvalue weighted by Crippen LogP contribution is -2.26. The second kappa shape index (κ2) is 7.88. The van der Waals surface area contributed by atoms with Crippen LogP contribution in [0.25, 0.3) is 17.0 Å². The molecule has 1 fully saturated rings. The molecule has 1 aliphatic heterocycles. The molecule has 1 aromatic carbocycles. The van der Waals surface area contributed by atoms with Crippen LogP contribution >= 0.6 is 0 Å². The van der Waals surface area contributed by atoms with Crippen molar-refractivity contribution in [1.82, 2.24) is 24.9 Å². The highest BCUT2D eigenvalue weighted by Gasteiger charge is 2.40. The van der Waals surface area contributed by atoms with Gasteiger partial charge in [0.1, 0.15) is 5.60 Å². The highest BCUT2D eigenvalue weighted by molar-refractivity contribution is 5.84. The van der Waals surface area contributed by atoms with Crippen molar-refractivity contribution in [2.75, 3.05) is 0 Å². The van der Waals surface area contributed by atoms with Gasteiger partial charge in [-0.3, -0.25) is 9.59 Å². The largest absolute Gasteiger partial charge is 0.459 e. The predicted molar refractivity (Wildman–Crippen MR) is 106 cm³/mol. The minimum Gasteiger partial charge on any atom is -0.459 e. The molecule has 0 radical (unpaired) electrons. The first-order valence-corrected chi connectivity index (χ1v) is 9.90. The number of alkyl halides is 3. The summed E-state index contributed by atoms with van der Waals surface area (Å²) in [5.74, 6) is -2.48. The van der Waals surface area contributed by atoms with Gasteiger partial charge >= 0.3 is 12.1 Å². The summed E-state index contributed by atoms with van der Waals surface area (Å²) in [6, 6.07) is 8.46. The van der Waals surface area contributed by atoms with E-state index in [1.54, 1.807) is 30.3 Å². The van der Waals surface area contributed by atoms with Crippen molar-refractivity contribution < 1.29 is 27.5 Å². The van der Waals surface area contributed by atoms with Crippen LogP contribution in [-0.4, -0.2) is 37.1 Å². The lowest BCUT2D eigenvalue weighted by atomic mass is 9.94. The molecule has 0 spiro atoms. The molecule has 4 rings (SSSR count). The molecule has 1 aliphatic rings. The topological polar surface area (TPSA) is 98.5 Å². The van der Waals surface area contributed by atoms with Crippen LogP contribution in [0, 0.1) is 5.92 Å². The zero-order valence-electron chi connectivity index (χ0n) is 17.3. The van der Waals surface area contributed by atoms with E-state index in [2.05, 4.69) is 20.4 Å². The van der Waals surface area contributed by atoms with E-state index in [4.69, 9.17) is 4.74 Å². The van der Waals surface area contributed by atoms with Crippen molar-refractivity contribution in [3.63, 3.8) is 0 Å². The number of carbonyl (C=O) groups is 2. The molecule has 0 unspecified atom stereocenters. The summed E-state index contributed by atoms with van der Waals surface area (Å²) in [5.41, 5.74) is 1.25. The molecule has 3 aromatic rings. The Kier molecular flexibility index (Phi) is 5.35. The molecule has 32 heavy (non-hydrogen) atoms.